The van der Waals surface area contributed by atoms with Crippen molar-refractivity contribution in [1.29, 1.82) is 0 Å². The van der Waals surface area contributed by atoms with Gasteiger partial charge in [-0.15, -0.1) is 0 Å². The molecule has 12 heavy (non-hydrogen) atoms. The minimum atomic E-state index is -0.135. The third kappa shape index (κ3) is 2.43. The lowest BCUT2D eigenvalue weighted by atomic mass is 10.1. The lowest BCUT2D eigenvalue weighted by Gasteiger charge is -2.04. The van der Waals surface area contributed by atoms with Crippen LogP contribution in [0.1, 0.15) is 25.6 Å². The van der Waals surface area contributed by atoms with E-state index in [1.807, 2.05) is 19.9 Å². The lowest BCUT2D eigenvalue weighted by Crippen LogP contribution is -2.09. The molecule has 0 saturated carbocycles. The number of hydrogen-bond donors (Lipinski definition) is 1. The summed E-state index contributed by atoms with van der Waals surface area (Å²) in [4.78, 5) is 8.04. The number of hydrogen-bond acceptors (Lipinski definition) is 3. The molecule has 0 aliphatic rings. The van der Waals surface area contributed by atoms with Crippen LogP contribution in [-0.4, -0.2) is 9.97 Å². The molecular formula is C9H13N3. The Kier molecular flexibility index (Phi) is 2.94. The van der Waals surface area contributed by atoms with Crippen LogP contribution in [0.25, 0.3) is 0 Å². The highest BCUT2D eigenvalue weighted by atomic mass is 14.8. The van der Waals surface area contributed by atoms with Gasteiger partial charge in [0.15, 0.2) is 0 Å². The third-order valence-corrected chi connectivity index (χ3v) is 1.44. The van der Waals surface area contributed by atoms with Gasteiger partial charge in [0, 0.05) is 12.4 Å². The molecule has 1 rings (SSSR count). The molecule has 0 fully saturated rings. The molecule has 0 aliphatic heterocycles. The van der Waals surface area contributed by atoms with Crippen molar-refractivity contribution in [1.82, 2.24) is 9.97 Å². The first-order chi connectivity index (χ1) is 5.70. The minimum absolute atomic E-state index is 0.135. The van der Waals surface area contributed by atoms with E-state index in [1.54, 1.807) is 18.6 Å². The second-order valence-corrected chi connectivity index (χ2v) is 2.90. The minimum Gasteiger partial charge on any atom is -0.319 e. The van der Waals surface area contributed by atoms with E-state index in [1.165, 1.54) is 5.57 Å². The summed E-state index contributed by atoms with van der Waals surface area (Å²) in [7, 11) is 0. The molecule has 2 N–H and O–H groups in total. The quantitative estimate of drug-likeness (QED) is 0.671. The predicted molar refractivity (Wildman–Crippen MR) is 48.4 cm³/mol. The van der Waals surface area contributed by atoms with E-state index in [0.717, 1.165) is 5.69 Å². The highest BCUT2D eigenvalue weighted by Crippen LogP contribution is 2.08. The van der Waals surface area contributed by atoms with Crippen molar-refractivity contribution >= 4 is 0 Å². The fourth-order valence-electron chi connectivity index (χ4n) is 0.927. The second-order valence-electron chi connectivity index (χ2n) is 2.90. The normalized spacial score (nSPS) is 12.2. The van der Waals surface area contributed by atoms with Crippen molar-refractivity contribution in [2.75, 3.05) is 0 Å². The maximum atomic E-state index is 5.82. The highest BCUT2D eigenvalue weighted by Gasteiger charge is 2.02. The van der Waals surface area contributed by atoms with Crippen LogP contribution < -0.4 is 5.73 Å². The molecule has 0 aromatic carbocycles. The van der Waals surface area contributed by atoms with Crippen LogP contribution >= 0.6 is 0 Å². The molecule has 0 amide bonds. The fraction of sp³-hybridized carbons (Fsp3) is 0.333. The van der Waals surface area contributed by atoms with Crippen molar-refractivity contribution < 1.29 is 0 Å². The molecule has 1 unspecified atom stereocenters. The fourth-order valence-corrected chi connectivity index (χ4v) is 0.927. The third-order valence-electron chi connectivity index (χ3n) is 1.44. The average molecular weight is 163 g/mol. The first-order valence-corrected chi connectivity index (χ1v) is 3.86. The molecule has 0 radical (unpaired) electrons. The number of allylic oxidation sites excluding steroid dienone is 1. The summed E-state index contributed by atoms with van der Waals surface area (Å²) >= 11 is 0. The molecule has 64 valence electrons. The maximum Gasteiger partial charge on any atom is 0.0793 e. The summed E-state index contributed by atoms with van der Waals surface area (Å²) in [5.41, 5.74) is 7.81. The summed E-state index contributed by atoms with van der Waals surface area (Å²) in [6, 6.07) is -0.135. The molecule has 3 nitrogen and oxygen atoms in total. The van der Waals surface area contributed by atoms with Crippen LogP contribution in [-0.2, 0) is 0 Å². The first-order valence-electron chi connectivity index (χ1n) is 3.86. The summed E-state index contributed by atoms with van der Waals surface area (Å²) in [5.74, 6) is 0. The van der Waals surface area contributed by atoms with Gasteiger partial charge in [-0.25, -0.2) is 0 Å². The van der Waals surface area contributed by atoms with Crippen molar-refractivity contribution in [3.05, 3.63) is 35.9 Å². The molecule has 0 aliphatic carbocycles. The molecule has 1 atom stereocenters. The zero-order chi connectivity index (χ0) is 8.97. The largest absolute Gasteiger partial charge is 0.319 e. The summed E-state index contributed by atoms with van der Waals surface area (Å²) in [5, 5.41) is 0. The number of nitrogens with zero attached hydrogens (tertiary/aromatic N) is 2. The highest BCUT2D eigenvalue weighted by molar-refractivity contribution is 5.12. The van der Waals surface area contributed by atoms with Gasteiger partial charge in [0.1, 0.15) is 0 Å². The van der Waals surface area contributed by atoms with Gasteiger partial charge >= 0.3 is 0 Å². The van der Waals surface area contributed by atoms with Crippen molar-refractivity contribution in [2.24, 2.45) is 5.73 Å². The van der Waals surface area contributed by atoms with Crippen molar-refractivity contribution in [3.8, 4) is 0 Å². The van der Waals surface area contributed by atoms with Crippen LogP contribution in [0, 0.1) is 0 Å². The van der Waals surface area contributed by atoms with Gasteiger partial charge < -0.3 is 5.73 Å². The Morgan fingerprint density at radius 1 is 1.50 bits per heavy atom. The molecule has 0 saturated heterocycles. The van der Waals surface area contributed by atoms with Gasteiger partial charge in [0.05, 0.1) is 17.9 Å². The molecule has 0 bridgehead atoms. The van der Waals surface area contributed by atoms with E-state index in [4.69, 9.17) is 5.73 Å². The van der Waals surface area contributed by atoms with Crippen molar-refractivity contribution in [3.63, 3.8) is 0 Å². The second kappa shape index (κ2) is 3.97. The SMILES string of the molecule is CC(C)=CC(N)c1cnccn1. The standard InChI is InChI=1S/C9H13N3/c1-7(2)5-8(10)9-6-11-3-4-12-9/h3-6,8H,10H2,1-2H3. The van der Waals surface area contributed by atoms with E-state index in [2.05, 4.69) is 9.97 Å². The van der Waals surface area contributed by atoms with Crippen LogP contribution in [0.3, 0.4) is 0 Å². The Morgan fingerprint density at radius 2 is 2.25 bits per heavy atom. The first kappa shape index (κ1) is 8.87. The molecule has 1 aromatic rings. The van der Waals surface area contributed by atoms with Crippen LogP contribution in [0.5, 0.6) is 0 Å². The predicted octanol–water partition coefficient (Wildman–Crippen LogP) is 1.44. The molecular weight excluding hydrogens is 150 g/mol. The van der Waals surface area contributed by atoms with E-state index >= 15 is 0 Å². The van der Waals surface area contributed by atoms with Gasteiger partial charge in [0.25, 0.3) is 0 Å². The Labute approximate surface area is 72.3 Å². The van der Waals surface area contributed by atoms with E-state index in [-0.39, 0.29) is 6.04 Å². The van der Waals surface area contributed by atoms with Crippen LogP contribution in [0.15, 0.2) is 30.2 Å². The summed E-state index contributed by atoms with van der Waals surface area (Å²) in [6.45, 7) is 4.02. The van der Waals surface area contributed by atoms with Crippen molar-refractivity contribution in [2.45, 2.75) is 19.9 Å². The van der Waals surface area contributed by atoms with Gasteiger partial charge in [-0.3, -0.25) is 9.97 Å². The molecule has 3 heteroatoms. The summed E-state index contributed by atoms with van der Waals surface area (Å²) in [6.07, 6.45) is 6.93. The van der Waals surface area contributed by atoms with Gasteiger partial charge in [-0.2, -0.15) is 0 Å². The Bertz CT molecular complexity index is 262. The molecule has 1 aromatic heterocycles. The van der Waals surface area contributed by atoms with Crippen LogP contribution in [0.2, 0.25) is 0 Å². The Hall–Kier alpha value is -1.22. The number of rotatable bonds is 2. The zero-order valence-corrected chi connectivity index (χ0v) is 7.36. The Balaban J connectivity index is 2.79. The monoisotopic (exact) mass is 163 g/mol. The van der Waals surface area contributed by atoms with E-state index < -0.39 is 0 Å². The smallest absolute Gasteiger partial charge is 0.0793 e. The van der Waals surface area contributed by atoms with Crippen LogP contribution in [0.4, 0.5) is 0 Å². The molecule has 1 heterocycles. The molecule has 0 spiro atoms. The zero-order valence-electron chi connectivity index (χ0n) is 7.36. The maximum absolute atomic E-state index is 5.82. The van der Waals surface area contributed by atoms with Gasteiger partial charge in [-0.05, 0) is 13.8 Å². The van der Waals surface area contributed by atoms with E-state index in [0.29, 0.717) is 0 Å². The lowest BCUT2D eigenvalue weighted by molar-refractivity contribution is 0.840. The number of nitrogens with two attached hydrogens (primary N) is 1. The number of aromatic nitrogens is 2. The summed E-state index contributed by atoms with van der Waals surface area (Å²) < 4.78 is 0. The van der Waals surface area contributed by atoms with Gasteiger partial charge in [0.2, 0.25) is 0 Å². The Morgan fingerprint density at radius 3 is 2.75 bits per heavy atom. The topological polar surface area (TPSA) is 51.8 Å². The average Bonchev–Trinajstić information content (AvgIpc) is 2.05. The van der Waals surface area contributed by atoms with Gasteiger partial charge in [-0.1, -0.05) is 11.6 Å². The van der Waals surface area contributed by atoms with E-state index in [9.17, 15) is 0 Å².